The number of fused-ring (bicyclic) bond motifs is 3. The van der Waals surface area contributed by atoms with E-state index in [1.54, 1.807) is 38.6 Å². The standard InChI is InChI=1S/C34H38/c1-13-14(2)19(7)29-28(18(13)6)30-23(11)22(10)26-21(9)20(8)25-16(4)15(3)17(5)27-24(12)31(29)34(30)33(26)32(25)27/h16,21H,1-12H3. The molecule has 174 valence electrons. The van der Waals surface area contributed by atoms with Crippen molar-refractivity contribution in [1.29, 1.82) is 0 Å². The second kappa shape index (κ2) is 6.54. The van der Waals surface area contributed by atoms with E-state index in [0.717, 1.165) is 0 Å². The minimum absolute atomic E-state index is 0.460. The molecule has 0 spiro atoms. The van der Waals surface area contributed by atoms with Crippen molar-refractivity contribution in [1.82, 2.24) is 0 Å². The monoisotopic (exact) mass is 446 g/mol. The van der Waals surface area contributed by atoms with Crippen LogP contribution in [0.2, 0.25) is 0 Å². The van der Waals surface area contributed by atoms with Crippen LogP contribution in [0.1, 0.15) is 96.2 Å². The smallest absolute Gasteiger partial charge is 0.00324 e. The molecule has 0 bridgehead atoms. The van der Waals surface area contributed by atoms with Crippen molar-refractivity contribution in [3.8, 4) is 22.3 Å². The highest BCUT2D eigenvalue weighted by Gasteiger charge is 2.41. The van der Waals surface area contributed by atoms with Crippen molar-refractivity contribution in [2.24, 2.45) is 5.92 Å². The summed E-state index contributed by atoms with van der Waals surface area (Å²) in [5.74, 6) is 0.944. The molecule has 0 radical (unpaired) electrons. The van der Waals surface area contributed by atoms with Gasteiger partial charge in [0.1, 0.15) is 0 Å². The highest BCUT2D eigenvalue weighted by molar-refractivity contribution is 6.24. The highest BCUT2D eigenvalue weighted by Crippen LogP contribution is 2.62. The van der Waals surface area contributed by atoms with Crippen molar-refractivity contribution in [3.05, 3.63) is 66.8 Å². The van der Waals surface area contributed by atoms with E-state index in [9.17, 15) is 0 Å². The number of rotatable bonds is 0. The van der Waals surface area contributed by atoms with Crippen molar-refractivity contribution >= 4 is 21.9 Å². The lowest BCUT2D eigenvalue weighted by Crippen LogP contribution is -2.20. The summed E-state index contributed by atoms with van der Waals surface area (Å²) >= 11 is 0. The van der Waals surface area contributed by atoms with Gasteiger partial charge in [-0.1, -0.05) is 25.0 Å². The van der Waals surface area contributed by atoms with E-state index >= 15 is 0 Å². The number of hydrogen-bond acceptors (Lipinski definition) is 0. The SMILES string of the molecule is CC1=C(C)C(C)C2=C(C)C(C)c3c(C)c(C)c4c5c(c(C)c1c2c35)-c1c(C)c(C)c(C)c(C)c1-4. The first-order valence-electron chi connectivity index (χ1n) is 13.1. The maximum absolute atomic E-state index is 2.45. The molecule has 2 unspecified atom stereocenters. The Balaban J connectivity index is 2.01. The van der Waals surface area contributed by atoms with Crippen LogP contribution in [0, 0.1) is 54.4 Å². The first kappa shape index (κ1) is 21.9. The van der Waals surface area contributed by atoms with E-state index in [2.05, 4.69) is 83.1 Å². The van der Waals surface area contributed by atoms with Gasteiger partial charge in [-0.05, 0) is 169 Å². The van der Waals surface area contributed by atoms with Gasteiger partial charge in [-0.3, -0.25) is 0 Å². The zero-order valence-electron chi connectivity index (χ0n) is 23.2. The van der Waals surface area contributed by atoms with Crippen molar-refractivity contribution in [3.63, 3.8) is 0 Å². The second-order valence-corrected chi connectivity index (χ2v) is 11.6. The van der Waals surface area contributed by atoms with E-state index in [0.29, 0.717) is 11.8 Å². The number of hydrogen-bond donors (Lipinski definition) is 0. The van der Waals surface area contributed by atoms with Crippen molar-refractivity contribution in [2.75, 3.05) is 0 Å². The van der Waals surface area contributed by atoms with Crippen LogP contribution in [-0.2, 0) is 0 Å². The summed E-state index contributed by atoms with van der Waals surface area (Å²) in [5, 5.41) is 3.13. The molecule has 0 N–H and O–H groups in total. The van der Waals surface area contributed by atoms with Crippen LogP contribution in [-0.4, -0.2) is 0 Å². The Morgan fingerprint density at radius 2 is 0.882 bits per heavy atom. The molecule has 34 heavy (non-hydrogen) atoms. The average molecular weight is 447 g/mol. The minimum atomic E-state index is 0.460. The molecule has 2 atom stereocenters. The van der Waals surface area contributed by atoms with Crippen molar-refractivity contribution in [2.45, 2.75) is 89.0 Å². The van der Waals surface area contributed by atoms with Gasteiger partial charge in [0.2, 0.25) is 0 Å². The zero-order chi connectivity index (χ0) is 24.7. The predicted octanol–water partition coefficient (Wildman–Crippen LogP) is 9.98. The van der Waals surface area contributed by atoms with Gasteiger partial charge in [0.15, 0.2) is 0 Å². The molecule has 6 rings (SSSR count). The fourth-order valence-electron chi connectivity index (χ4n) is 7.94. The van der Waals surface area contributed by atoms with Gasteiger partial charge in [-0.2, -0.15) is 0 Å². The first-order chi connectivity index (χ1) is 15.9. The molecular weight excluding hydrogens is 408 g/mol. The van der Waals surface area contributed by atoms with Crippen LogP contribution < -0.4 is 0 Å². The molecule has 3 aromatic carbocycles. The molecule has 3 aromatic rings. The van der Waals surface area contributed by atoms with Crippen LogP contribution in [0.4, 0.5) is 0 Å². The summed E-state index contributed by atoms with van der Waals surface area (Å²) < 4.78 is 0. The number of benzene rings is 3. The van der Waals surface area contributed by atoms with Gasteiger partial charge in [0.05, 0.1) is 0 Å². The fraction of sp³-hybridized carbons (Fsp3) is 0.412. The second-order valence-electron chi connectivity index (χ2n) is 11.6. The third-order valence-electron chi connectivity index (χ3n) is 10.6. The lowest BCUT2D eigenvalue weighted by molar-refractivity contribution is 0.815. The Hall–Kier alpha value is -2.60. The summed E-state index contributed by atoms with van der Waals surface area (Å²) in [6.07, 6.45) is 0. The first-order valence-corrected chi connectivity index (χ1v) is 13.1. The predicted molar refractivity (Wildman–Crippen MR) is 150 cm³/mol. The Morgan fingerprint density at radius 1 is 0.382 bits per heavy atom. The lowest BCUT2D eigenvalue weighted by Gasteiger charge is -2.39. The van der Waals surface area contributed by atoms with Crippen molar-refractivity contribution < 1.29 is 0 Å². The van der Waals surface area contributed by atoms with Crippen LogP contribution in [0.5, 0.6) is 0 Å². The highest BCUT2D eigenvalue weighted by atomic mass is 14.4. The van der Waals surface area contributed by atoms with E-state index < -0.39 is 0 Å². The quantitative estimate of drug-likeness (QED) is 0.252. The van der Waals surface area contributed by atoms with Crippen LogP contribution in [0.15, 0.2) is 11.1 Å². The van der Waals surface area contributed by atoms with Gasteiger partial charge in [0.25, 0.3) is 0 Å². The van der Waals surface area contributed by atoms with Gasteiger partial charge >= 0.3 is 0 Å². The molecule has 0 nitrogen and oxygen atoms in total. The molecule has 3 aliphatic carbocycles. The molecule has 0 aliphatic heterocycles. The topological polar surface area (TPSA) is 0 Å². The van der Waals surface area contributed by atoms with E-state index in [4.69, 9.17) is 0 Å². The summed E-state index contributed by atoms with van der Waals surface area (Å²) in [4.78, 5) is 0. The van der Waals surface area contributed by atoms with Crippen LogP contribution in [0.25, 0.3) is 44.2 Å². The van der Waals surface area contributed by atoms with E-state index in [1.165, 1.54) is 72.3 Å². The molecule has 0 heteroatoms. The zero-order valence-corrected chi connectivity index (χ0v) is 23.2. The van der Waals surface area contributed by atoms with Crippen LogP contribution >= 0.6 is 0 Å². The maximum atomic E-state index is 2.45. The molecule has 3 aliphatic rings. The van der Waals surface area contributed by atoms with Gasteiger partial charge in [-0.25, -0.2) is 0 Å². The Bertz CT molecular complexity index is 1600. The summed E-state index contributed by atoms with van der Waals surface area (Å²) in [6.45, 7) is 28.6. The summed E-state index contributed by atoms with van der Waals surface area (Å²) in [6, 6.07) is 0. The molecule has 0 fully saturated rings. The molecule has 0 amide bonds. The molecule has 0 heterocycles. The van der Waals surface area contributed by atoms with Gasteiger partial charge in [-0.15, -0.1) is 0 Å². The largest absolute Gasteiger partial charge is 0.0625 e. The van der Waals surface area contributed by atoms with E-state index in [-0.39, 0.29) is 0 Å². The summed E-state index contributed by atoms with van der Waals surface area (Å²) in [5.41, 5.74) is 27.3. The Kier molecular flexibility index (Phi) is 4.21. The third-order valence-corrected chi connectivity index (χ3v) is 10.6. The Labute approximate surface area is 205 Å². The average Bonchev–Trinajstić information content (AvgIpc) is 3.16. The fourth-order valence-corrected chi connectivity index (χ4v) is 7.94. The van der Waals surface area contributed by atoms with Gasteiger partial charge < -0.3 is 0 Å². The van der Waals surface area contributed by atoms with Crippen LogP contribution in [0.3, 0.4) is 0 Å². The molecule has 0 aromatic heterocycles. The number of allylic oxidation sites excluding steroid dienone is 4. The minimum Gasteiger partial charge on any atom is -0.0625 e. The normalized spacial score (nSPS) is 20.1. The van der Waals surface area contributed by atoms with Gasteiger partial charge in [0, 0.05) is 11.8 Å². The molecule has 0 saturated heterocycles. The lowest BCUT2D eigenvalue weighted by atomic mass is 9.65. The summed E-state index contributed by atoms with van der Waals surface area (Å²) in [7, 11) is 0. The molecule has 0 saturated carbocycles. The third kappa shape index (κ3) is 2.13. The van der Waals surface area contributed by atoms with E-state index in [1.807, 2.05) is 0 Å². The molecular formula is C34H38. The maximum Gasteiger partial charge on any atom is 0.00324 e. The Morgan fingerprint density at radius 3 is 1.44 bits per heavy atom.